The summed E-state index contributed by atoms with van der Waals surface area (Å²) in [5.41, 5.74) is 2.31. The van der Waals surface area contributed by atoms with Crippen molar-refractivity contribution in [2.45, 2.75) is 32.9 Å². The van der Waals surface area contributed by atoms with Crippen molar-refractivity contribution in [3.8, 4) is 0 Å². The second kappa shape index (κ2) is 9.51. The Labute approximate surface area is 187 Å². The Kier molecular flexibility index (Phi) is 6.53. The Morgan fingerprint density at radius 3 is 1.78 bits per heavy atom. The lowest BCUT2D eigenvalue weighted by Crippen LogP contribution is -2.53. The zero-order valence-electron chi connectivity index (χ0n) is 18.3. The molecule has 4 rings (SSSR count). The van der Waals surface area contributed by atoms with Crippen LogP contribution in [0.3, 0.4) is 0 Å². The lowest BCUT2D eigenvalue weighted by atomic mass is 9.98. The van der Waals surface area contributed by atoms with E-state index >= 15 is 0 Å². The molecule has 2 aromatic rings. The number of benzene rings is 2. The quantitative estimate of drug-likeness (QED) is 0.676. The summed E-state index contributed by atoms with van der Waals surface area (Å²) in [6.45, 7) is 5.26. The first-order chi connectivity index (χ1) is 15.4. The highest BCUT2D eigenvalue weighted by molar-refractivity contribution is 6.35. The highest BCUT2D eigenvalue weighted by Gasteiger charge is 2.32. The molecule has 0 bridgehead atoms. The molecule has 0 radical (unpaired) electrons. The zero-order valence-corrected chi connectivity index (χ0v) is 18.3. The second-order valence-electron chi connectivity index (χ2n) is 8.75. The van der Waals surface area contributed by atoms with E-state index in [1.807, 2.05) is 17.0 Å². The van der Waals surface area contributed by atoms with E-state index in [2.05, 4.69) is 6.92 Å². The Morgan fingerprint density at radius 2 is 1.28 bits per heavy atom. The Morgan fingerprint density at radius 1 is 0.812 bits per heavy atom. The normalized spacial score (nSPS) is 17.8. The number of nitrogens with zero attached hydrogens (tertiary/aromatic N) is 3. The number of halogens is 1. The van der Waals surface area contributed by atoms with Crippen molar-refractivity contribution in [1.82, 2.24) is 14.7 Å². The first-order valence-electron chi connectivity index (χ1n) is 11.1. The molecule has 0 unspecified atom stereocenters. The molecule has 0 saturated carbocycles. The minimum atomic E-state index is -0.549. The topological polar surface area (TPSA) is 60.9 Å². The van der Waals surface area contributed by atoms with Crippen LogP contribution in [-0.2, 0) is 22.7 Å². The largest absolute Gasteiger partial charge is 0.339 e. The molecule has 168 valence electrons. The van der Waals surface area contributed by atoms with Gasteiger partial charge in [0.15, 0.2) is 0 Å². The maximum Gasteiger partial charge on any atom is 0.312 e. The fourth-order valence-corrected chi connectivity index (χ4v) is 4.19. The van der Waals surface area contributed by atoms with Gasteiger partial charge in [-0.15, -0.1) is 0 Å². The van der Waals surface area contributed by atoms with Gasteiger partial charge >= 0.3 is 11.8 Å². The van der Waals surface area contributed by atoms with E-state index in [4.69, 9.17) is 0 Å². The summed E-state index contributed by atoms with van der Waals surface area (Å²) in [6, 6.07) is 13.2. The highest BCUT2D eigenvalue weighted by Crippen LogP contribution is 2.19. The van der Waals surface area contributed by atoms with Crippen molar-refractivity contribution >= 4 is 17.7 Å². The van der Waals surface area contributed by atoms with Gasteiger partial charge in [0.1, 0.15) is 5.82 Å². The number of amides is 3. The number of likely N-dealkylation sites (tertiary alicyclic amines) is 1. The molecule has 6 nitrogen and oxygen atoms in total. The molecule has 7 heteroatoms. The third-order valence-electron chi connectivity index (χ3n) is 6.33. The van der Waals surface area contributed by atoms with Crippen molar-refractivity contribution in [2.24, 2.45) is 5.92 Å². The number of carbonyl (C=O) groups excluding carboxylic acids is 3. The summed E-state index contributed by atoms with van der Waals surface area (Å²) in [7, 11) is 0. The average molecular weight is 438 g/mol. The molecule has 32 heavy (non-hydrogen) atoms. The van der Waals surface area contributed by atoms with Crippen molar-refractivity contribution in [2.75, 3.05) is 26.2 Å². The maximum atomic E-state index is 13.1. The van der Waals surface area contributed by atoms with Gasteiger partial charge in [-0.25, -0.2) is 4.39 Å². The van der Waals surface area contributed by atoms with Crippen LogP contribution in [0, 0.1) is 11.7 Å². The third-order valence-corrected chi connectivity index (χ3v) is 6.33. The molecule has 0 atom stereocenters. The van der Waals surface area contributed by atoms with Gasteiger partial charge in [0.05, 0.1) is 0 Å². The third kappa shape index (κ3) is 4.98. The molecule has 2 fully saturated rings. The molecule has 3 amide bonds. The summed E-state index contributed by atoms with van der Waals surface area (Å²) in [4.78, 5) is 42.8. The van der Waals surface area contributed by atoms with E-state index in [0.29, 0.717) is 31.1 Å². The summed E-state index contributed by atoms with van der Waals surface area (Å²) >= 11 is 0. The van der Waals surface area contributed by atoms with Gasteiger partial charge in [-0.05, 0) is 54.2 Å². The molecule has 0 spiro atoms. The fourth-order valence-electron chi connectivity index (χ4n) is 4.19. The van der Waals surface area contributed by atoms with Crippen LogP contribution in [-0.4, -0.2) is 58.6 Å². The molecule has 2 aromatic carbocycles. The Hall–Kier alpha value is -3.22. The van der Waals surface area contributed by atoms with Gasteiger partial charge in [-0.3, -0.25) is 14.4 Å². The molecule has 0 aliphatic carbocycles. The summed E-state index contributed by atoms with van der Waals surface area (Å²) in [6.07, 6.45) is 2.07. The zero-order chi connectivity index (χ0) is 22.7. The van der Waals surface area contributed by atoms with Crippen LogP contribution in [0.2, 0.25) is 0 Å². The predicted octanol–water partition coefficient (Wildman–Crippen LogP) is 3.07. The molecule has 0 aromatic heterocycles. The van der Waals surface area contributed by atoms with Gasteiger partial charge < -0.3 is 14.7 Å². The van der Waals surface area contributed by atoms with E-state index in [-0.39, 0.29) is 18.3 Å². The molecule has 0 N–H and O–H groups in total. The SMILES string of the molecule is CC1CCN(C(=O)c2ccc(CN3CCN(Cc4ccc(F)cc4)C(=O)C3=O)cc2)CC1. The van der Waals surface area contributed by atoms with Crippen LogP contribution in [0.1, 0.15) is 41.3 Å². The molecule has 2 saturated heterocycles. The van der Waals surface area contributed by atoms with E-state index in [1.54, 1.807) is 24.3 Å². The van der Waals surface area contributed by atoms with Crippen LogP contribution in [0.25, 0.3) is 0 Å². The number of hydrogen-bond acceptors (Lipinski definition) is 3. The smallest absolute Gasteiger partial charge is 0.312 e. The number of rotatable bonds is 5. The maximum absolute atomic E-state index is 13.1. The Balaban J connectivity index is 1.33. The number of piperazine rings is 1. The monoisotopic (exact) mass is 437 g/mol. The predicted molar refractivity (Wildman–Crippen MR) is 118 cm³/mol. The summed E-state index contributed by atoms with van der Waals surface area (Å²) in [5, 5.41) is 0. The van der Waals surface area contributed by atoms with E-state index in [9.17, 15) is 18.8 Å². The van der Waals surface area contributed by atoms with Crippen molar-refractivity contribution in [3.05, 3.63) is 71.0 Å². The first-order valence-corrected chi connectivity index (χ1v) is 11.1. The molecular formula is C25H28FN3O3. The standard InChI is InChI=1S/C25H28FN3O3/c1-18-10-12-27(13-11-18)23(30)21-6-2-19(3-7-21)16-28-14-15-29(25(32)24(28)31)17-20-4-8-22(26)9-5-20/h2-9,18H,10-17H2,1H3. The van der Waals surface area contributed by atoms with Gasteiger partial charge in [-0.2, -0.15) is 0 Å². The van der Waals surface area contributed by atoms with Gasteiger partial charge in [0.2, 0.25) is 0 Å². The average Bonchev–Trinajstić information content (AvgIpc) is 2.81. The minimum Gasteiger partial charge on any atom is -0.339 e. The van der Waals surface area contributed by atoms with Crippen LogP contribution in [0.4, 0.5) is 4.39 Å². The Bertz CT molecular complexity index is 982. The molecule has 2 aliphatic rings. The minimum absolute atomic E-state index is 0.0455. The number of carbonyl (C=O) groups is 3. The van der Waals surface area contributed by atoms with Crippen LogP contribution < -0.4 is 0 Å². The van der Waals surface area contributed by atoms with Crippen LogP contribution >= 0.6 is 0 Å². The van der Waals surface area contributed by atoms with Crippen molar-refractivity contribution < 1.29 is 18.8 Å². The van der Waals surface area contributed by atoms with Crippen LogP contribution in [0.15, 0.2) is 48.5 Å². The molecule has 2 aliphatic heterocycles. The van der Waals surface area contributed by atoms with Crippen molar-refractivity contribution in [1.29, 1.82) is 0 Å². The van der Waals surface area contributed by atoms with E-state index in [0.717, 1.165) is 37.1 Å². The highest BCUT2D eigenvalue weighted by atomic mass is 19.1. The van der Waals surface area contributed by atoms with Crippen LogP contribution in [0.5, 0.6) is 0 Å². The fraction of sp³-hybridized carbons (Fsp3) is 0.400. The van der Waals surface area contributed by atoms with E-state index < -0.39 is 11.8 Å². The van der Waals surface area contributed by atoms with Gasteiger partial charge in [-0.1, -0.05) is 31.2 Å². The molecule has 2 heterocycles. The number of hydrogen-bond donors (Lipinski definition) is 0. The van der Waals surface area contributed by atoms with Crippen molar-refractivity contribution in [3.63, 3.8) is 0 Å². The number of piperidine rings is 1. The molecular weight excluding hydrogens is 409 g/mol. The van der Waals surface area contributed by atoms with Gasteiger partial charge in [0.25, 0.3) is 5.91 Å². The van der Waals surface area contributed by atoms with E-state index in [1.165, 1.54) is 21.9 Å². The lowest BCUT2D eigenvalue weighted by Gasteiger charge is -2.34. The lowest BCUT2D eigenvalue weighted by molar-refractivity contribution is -0.156. The second-order valence-corrected chi connectivity index (χ2v) is 8.75. The van der Waals surface area contributed by atoms with Gasteiger partial charge in [0, 0.05) is 44.8 Å². The summed E-state index contributed by atoms with van der Waals surface area (Å²) in [5.74, 6) is -0.714. The first kappa shape index (κ1) is 22.0. The summed E-state index contributed by atoms with van der Waals surface area (Å²) < 4.78 is 13.1.